The van der Waals surface area contributed by atoms with Crippen LogP contribution in [0.25, 0.3) is 0 Å². The van der Waals surface area contributed by atoms with Crippen molar-refractivity contribution in [2.75, 3.05) is 11.9 Å². The highest BCUT2D eigenvalue weighted by atomic mass is 19.1. The third kappa shape index (κ3) is 3.43. The van der Waals surface area contributed by atoms with E-state index in [1.807, 2.05) is 6.92 Å². The fourth-order valence-corrected chi connectivity index (χ4v) is 0.947. The number of benzene rings is 1. The molecule has 1 rings (SSSR count). The third-order valence-corrected chi connectivity index (χ3v) is 1.64. The second-order valence-corrected chi connectivity index (χ2v) is 2.89. The fraction of sp³-hybridized carbons (Fsp3) is 0.300. The van der Waals surface area contributed by atoms with Gasteiger partial charge in [0.15, 0.2) is 0 Å². The van der Waals surface area contributed by atoms with Gasteiger partial charge >= 0.3 is 6.03 Å². The summed E-state index contributed by atoms with van der Waals surface area (Å²) >= 11 is 0. The molecule has 0 aliphatic rings. The predicted molar refractivity (Wildman–Crippen MR) is 53.7 cm³/mol. The lowest BCUT2D eigenvalue weighted by Gasteiger charge is -2.05. The van der Waals surface area contributed by atoms with Gasteiger partial charge in [-0.15, -0.1) is 0 Å². The lowest BCUT2D eigenvalue weighted by molar-refractivity contribution is 0.252. The molecule has 0 fully saturated rings. The quantitative estimate of drug-likeness (QED) is 0.765. The molecule has 2 N–H and O–H groups in total. The number of halogens is 1. The Hall–Kier alpha value is -1.58. The molecule has 14 heavy (non-hydrogen) atoms. The summed E-state index contributed by atoms with van der Waals surface area (Å²) in [6, 6.07) is 5.37. The van der Waals surface area contributed by atoms with Gasteiger partial charge < -0.3 is 10.6 Å². The van der Waals surface area contributed by atoms with E-state index < -0.39 is 0 Å². The van der Waals surface area contributed by atoms with Gasteiger partial charge in [0.2, 0.25) is 0 Å². The molecule has 0 unspecified atom stereocenters. The molecule has 0 atom stereocenters. The van der Waals surface area contributed by atoms with Crippen molar-refractivity contribution in [1.29, 1.82) is 0 Å². The van der Waals surface area contributed by atoms with Crippen LogP contribution in [0.5, 0.6) is 0 Å². The standard InChI is InChI=1S/C10H13FN2O/c1-2-7-12-10(14)13-9-5-3-8(11)4-6-9/h3-6H,2,7H2,1H3,(H2,12,13,14). The molecule has 0 saturated carbocycles. The van der Waals surface area contributed by atoms with Gasteiger partial charge in [-0.1, -0.05) is 6.92 Å². The van der Waals surface area contributed by atoms with E-state index in [1.54, 1.807) is 0 Å². The predicted octanol–water partition coefficient (Wildman–Crippen LogP) is 2.36. The first-order valence-corrected chi connectivity index (χ1v) is 4.53. The van der Waals surface area contributed by atoms with Crippen molar-refractivity contribution < 1.29 is 9.18 Å². The average molecular weight is 196 g/mol. The van der Waals surface area contributed by atoms with Crippen LogP contribution in [0.1, 0.15) is 13.3 Å². The van der Waals surface area contributed by atoms with Crippen molar-refractivity contribution in [1.82, 2.24) is 5.32 Å². The van der Waals surface area contributed by atoms with Crippen LogP contribution in [0, 0.1) is 5.82 Å². The number of rotatable bonds is 3. The van der Waals surface area contributed by atoms with Crippen molar-refractivity contribution in [2.45, 2.75) is 13.3 Å². The number of nitrogens with one attached hydrogen (secondary N) is 2. The highest BCUT2D eigenvalue weighted by molar-refractivity contribution is 5.89. The van der Waals surface area contributed by atoms with E-state index >= 15 is 0 Å². The van der Waals surface area contributed by atoms with Crippen molar-refractivity contribution in [3.63, 3.8) is 0 Å². The minimum Gasteiger partial charge on any atom is -0.338 e. The summed E-state index contributed by atoms with van der Waals surface area (Å²) in [5, 5.41) is 5.24. The molecule has 0 aliphatic carbocycles. The molecule has 0 heterocycles. The van der Waals surface area contributed by atoms with Crippen molar-refractivity contribution in [2.24, 2.45) is 0 Å². The molecule has 0 aromatic heterocycles. The normalized spacial score (nSPS) is 9.57. The molecule has 1 aromatic rings. The second-order valence-electron chi connectivity index (χ2n) is 2.89. The van der Waals surface area contributed by atoms with E-state index in [-0.39, 0.29) is 11.8 Å². The summed E-state index contributed by atoms with van der Waals surface area (Å²) in [5.41, 5.74) is 0.583. The number of hydrogen-bond acceptors (Lipinski definition) is 1. The summed E-state index contributed by atoms with van der Waals surface area (Å²) in [4.78, 5) is 11.1. The van der Waals surface area contributed by atoms with E-state index in [4.69, 9.17) is 0 Å². The number of carbonyl (C=O) groups excluding carboxylic acids is 1. The first-order valence-electron chi connectivity index (χ1n) is 4.53. The molecular weight excluding hydrogens is 183 g/mol. The zero-order chi connectivity index (χ0) is 10.4. The Morgan fingerprint density at radius 1 is 1.36 bits per heavy atom. The van der Waals surface area contributed by atoms with Crippen LogP contribution in [-0.2, 0) is 0 Å². The number of amides is 2. The Kier molecular flexibility index (Phi) is 3.91. The minimum absolute atomic E-state index is 0.265. The third-order valence-electron chi connectivity index (χ3n) is 1.64. The van der Waals surface area contributed by atoms with Crippen LogP contribution >= 0.6 is 0 Å². The van der Waals surface area contributed by atoms with E-state index in [0.29, 0.717) is 12.2 Å². The van der Waals surface area contributed by atoms with Crippen LogP contribution in [0.15, 0.2) is 24.3 Å². The highest BCUT2D eigenvalue weighted by Gasteiger charge is 1.99. The summed E-state index contributed by atoms with van der Waals surface area (Å²) in [6.07, 6.45) is 0.886. The molecule has 2 amide bonds. The van der Waals surface area contributed by atoms with Crippen molar-refractivity contribution in [3.05, 3.63) is 30.1 Å². The average Bonchev–Trinajstić information content (AvgIpc) is 2.18. The Bertz CT molecular complexity index is 297. The number of carbonyl (C=O) groups is 1. The molecule has 0 radical (unpaired) electrons. The largest absolute Gasteiger partial charge is 0.338 e. The van der Waals surface area contributed by atoms with Crippen LogP contribution in [0.2, 0.25) is 0 Å². The zero-order valence-electron chi connectivity index (χ0n) is 8.01. The van der Waals surface area contributed by atoms with Gasteiger partial charge in [-0.2, -0.15) is 0 Å². The number of urea groups is 1. The number of anilines is 1. The van der Waals surface area contributed by atoms with Gasteiger partial charge in [0.25, 0.3) is 0 Å². The summed E-state index contributed by atoms with van der Waals surface area (Å²) in [5.74, 6) is -0.315. The van der Waals surface area contributed by atoms with Gasteiger partial charge in [0, 0.05) is 12.2 Å². The summed E-state index contributed by atoms with van der Waals surface area (Å²) in [6.45, 7) is 2.60. The zero-order valence-corrected chi connectivity index (χ0v) is 8.01. The monoisotopic (exact) mass is 196 g/mol. The fourth-order valence-electron chi connectivity index (χ4n) is 0.947. The van der Waals surface area contributed by atoms with Crippen molar-refractivity contribution in [3.8, 4) is 0 Å². The maximum atomic E-state index is 12.5. The molecular formula is C10H13FN2O. The summed E-state index contributed by atoms with van der Waals surface area (Å²) in [7, 11) is 0. The number of hydrogen-bond donors (Lipinski definition) is 2. The van der Waals surface area contributed by atoms with Gasteiger partial charge in [-0.3, -0.25) is 0 Å². The Morgan fingerprint density at radius 2 is 2.00 bits per heavy atom. The maximum absolute atomic E-state index is 12.5. The van der Waals surface area contributed by atoms with Crippen molar-refractivity contribution >= 4 is 11.7 Å². The lowest BCUT2D eigenvalue weighted by Crippen LogP contribution is -2.29. The molecule has 0 bridgehead atoms. The maximum Gasteiger partial charge on any atom is 0.319 e. The van der Waals surface area contributed by atoms with Crippen LogP contribution in [0.4, 0.5) is 14.9 Å². The van der Waals surface area contributed by atoms with Gasteiger partial charge in [0.1, 0.15) is 5.82 Å². The Labute approximate surface area is 82.3 Å². The van der Waals surface area contributed by atoms with E-state index in [9.17, 15) is 9.18 Å². The van der Waals surface area contributed by atoms with Gasteiger partial charge in [0.05, 0.1) is 0 Å². The van der Waals surface area contributed by atoms with Crippen LogP contribution in [0.3, 0.4) is 0 Å². The second kappa shape index (κ2) is 5.21. The Morgan fingerprint density at radius 3 is 2.57 bits per heavy atom. The topological polar surface area (TPSA) is 41.1 Å². The molecule has 0 aliphatic heterocycles. The minimum atomic E-state index is -0.315. The van der Waals surface area contributed by atoms with E-state index in [0.717, 1.165) is 6.42 Å². The summed E-state index contributed by atoms with van der Waals surface area (Å²) < 4.78 is 12.5. The first-order chi connectivity index (χ1) is 6.72. The lowest BCUT2D eigenvalue weighted by atomic mass is 10.3. The molecule has 0 spiro atoms. The van der Waals surface area contributed by atoms with Crippen LogP contribution in [-0.4, -0.2) is 12.6 Å². The Balaban J connectivity index is 2.44. The SMILES string of the molecule is CCCNC(=O)Nc1ccc(F)cc1. The smallest absolute Gasteiger partial charge is 0.319 e. The van der Waals surface area contributed by atoms with Gasteiger partial charge in [-0.25, -0.2) is 9.18 Å². The first kappa shape index (κ1) is 10.5. The molecule has 0 saturated heterocycles. The molecule has 4 heteroatoms. The van der Waals surface area contributed by atoms with Gasteiger partial charge in [-0.05, 0) is 30.7 Å². The molecule has 3 nitrogen and oxygen atoms in total. The van der Waals surface area contributed by atoms with E-state index in [2.05, 4.69) is 10.6 Å². The molecule has 76 valence electrons. The van der Waals surface area contributed by atoms with E-state index in [1.165, 1.54) is 24.3 Å². The van der Waals surface area contributed by atoms with Crippen LogP contribution < -0.4 is 10.6 Å². The highest BCUT2D eigenvalue weighted by Crippen LogP contribution is 2.07. The molecule has 1 aromatic carbocycles.